The smallest absolute Gasteiger partial charge is 0.223 e. The van der Waals surface area contributed by atoms with Crippen molar-refractivity contribution in [2.24, 2.45) is 5.92 Å². The van der Waals surface area contributed by atoms with Crippen molar-refractivity contribution in [2.45, 2.75) is 62.9 Å². The van der Waals surface area contributed by atoms with Gasteiger partial charge in [-0.05, 0) is 74.6 Å². The molecule has 0 saturated carbocycles. The van der Waals surface area contributed by atoms with Gasteiger partial charge in [-0.1, -0.05) is 24.3 Å². The van der Waals surface area contributed by atoms with Crippen LogP contribution >= 0.6 is 0 Å². The second-order valence-corrected chi connectivity index (χ2v) is 9.60. The van der Waals surface area contributed by atoms with Crippen LogP contribution in [0.1, 0.15) is 62.6 Å². The molecule has 1 aromatic rings. The zero-order valence-electron chi connectivity index (χ0n) is 18.0. The standard InChI is InChI=1S/C24H35N3O2/c1-3-29-27-12-8-19(9-13-27)26-14-10-24(11-15-26)17-18-16-22(28)25(2)23(18)20-6-4-5-7-21(20)24/h4-7,18-19,23H,3,8-17H2,1-2H3. The second kappa shape index (κ2) is 7.68. The number of amides is 1. The van der Waals surface area contributed by atoms with Gasteiger partial charge in [0.1, 0.15) is 0 Å². The summed E-state index contributed by atoms with van der Waals surface area (Å²) in [5, 5.41) is 2.15. The molecule has 1 aromatic carbocycles. The topological polar surface area (TPSA) is 36.0 Å². The Balaban J connectivity index is 1.31. The summed E-state index contributed by atoms with van der Waals surface area (Å²) in [5.41, 5.74) is 3.23. The second-order valence-electron chi connectivity index (χ2n) is 9.60. The van der Waals surface area contributed by atoms with Crippen LogP contribution in [-0.2, 0) is 15.0 Å². The maximum absolute atomic E-state index is 12.5. The Morgan fingerprint density at radius 3 is 2.55 bits per heavy atom. The maximum atomic E-state index is 12.5. The Labute approximate surface area is 174 Å². The molecule has 1 aliphatic carbocycles. The van der Waals surface area contributed by atoms with Crippen molar-refractivity contribution >= 4 is 5.91 Å². The number of nitrogens with zero attached hydrogens (tertiary/aromatic N) is 3. The Hall–Kier alpha value is -1.43. The number of hydroxylamine groups is 2. The molecule has 3 saturated heterocycles. The number of rotatable bonds is 3. The first kappa shape index (κ1) is 19.5. The number of carbonyl (C=O) groups excluding carboxylic acids is 1. The fourth-order valence-corrected chi connectivity index (χ4v) is 6.76. The van der Waals surface area contributed by atoms with E-state index in [0.717, 1.165) is 26.1 Å². The van der Waals surface area contributed by atoms with E-state index in [4.69, 9.17) is 4.84 Å². The largest absolute Gasteiger partial charge is 0.338 e. The van der Waals surface area contributed by atoms with Gasteiger partial charge in [0, 0.05) is 32.6 Å². The van der Waals surface area contributed by atoms with Gasteiger partial charge in [-0.25, -0.2) is 0 Å². The highest BCUT2D eigenvalue weighted by molar-refractivity contribution is 5.80. The molecule has 1 spiro atoms. The Morgan fingerprint density at radius 1 is 1.10 bits per heavy atom. The van der Waals surface area contributed by atoms with Crippen LogP contribution in [0.5, 0.6) is 0 Å². The molecule has 5 heteroatoms. The lowest BCUT2D eigenvalue weighted by Crippen LogP contribution is -2.52. The van der Waals surface area contributed by atoms with Crippen LogP contribution in [0.4, 0.5) is 0 Å². The molecule has 2 atom stereocenters. The monoisotopic (exact) mass is 397 g/mol. The number of hydrogen-bond donors (Lipinski definition) is 0. The first-order valence-electron chi connectivity index (χ1n) is 11.6. The third-order valence-electron chi connectivity index (χ3n) is 8.20. The van der Waals surface area contributed by atoms with Gasteiger partial charge in [-0.15, -0.1) is 0 Å². The summed E-state index contributed by atoms with van der Waals surface area (Å²) in [4.78, 5) is 22.9. The average Bonchev–Trinajstić information content (AvgIpc) is 3.03. The zero-order valence-corrected chi connectivity index (χ0v) is 18.0. The summed E-state index contributed by atoms with van der Waals surface area (Å²) in [6.07, 6.45) is 6.81. The van der Waals surface area contributed by atoms with E-state index in [9.17, 15) is 4.79 Å². The van der Waals surface area contributed by atoms with Crippen molar-refractivity contribution < 1.29 is 9.63 Å². The van der Waals surface area contributed by atoms with Crippen LogP contribution in [0.15, 0.2) is 24.3 Å². The number of likely N-dealkylation sites (tertiary alicyclic amines) is 2. The molecule has 3 heterocycles. The summed E-state index contributed by atoms with van der Waals surface area (Å²) in [5.74, 6) is 0.814. The zero-order chi connectivity index (χ0) is 20.0. The van der Waals surface area contributed by atoms with E-state index < -0.39 is 0 Å². The number of hydrogen-bond acceptors (Lipinski definition) is 4. The molecule has 5 nitrogen and oxygen atoms in total. The molecule has 5 rings (SSSR count). The minimum Gasteiger partial charge on any atom is -0.338 e. The Morgan fingerprint density at radius 2 is 1.83 bits per heavy atom. The molecule has 2 unspecified atom stereocenters. The number of fused-ring (bicyclic) bond motifs is 4. The third-order valence-corrected chi connectivity index (χ3v) is 8.20. The van der Waals surface area contributed by atoms with Crippen LogP contribution in [0.25, 0.3) is 0 Å². The van der Waals surface area contributed by atoms with E-state index in [1.807, 2.05) is 11.9 Å². The highest BCUT2D eigenvalue weighted by atomic mass is 16.7. The summed E-state index contributed by atoms with van der Waals surface area (Å²) in [6, 6.07) is 10.0. The van der Waals surface area contributed by atoms with Crippen LogP contribution in [-0.4, -0.2) is 66.6 Å². The SMILES string of the molecule is CCON1CCC(N2CCC3(CC2)CC2CC(=O)N(C)C2c2ccccc23)CC1. The van der Waals surface area contributed by atoms with Gasteiger partial charge in [0.15, 0.2) is 0 Å². The maximum Gasteiger partial charge on any atom is 0.223 e. The van der Waals surface area contributed by atoms with Gasteiger partial charge in [-0.2, -0.15) is 5.06 Å². The molecule has 0 N–H and O–H groups in total. The van der Waals surface area contributed by atoms with Gasteiger partial charge in [-0.3, -0.25) is 9.63 Å². The quantitative estimate of drug-likeness (QED) is 0.784. The van der Waals surface area contributed by atoms with Gasteiger partial charge in [0.2, 0.25) is 5.91 Å². The highest BCUT2D eigenvalue weighted by Gasteiger charge is 2.51. The summed E-state index contributed by atoms with van der Waals surface area (Å²) < 4.78 is 0. The fourth-order valence-electron chi connectivity index (χ4n) is 6.76. The van der Waals surface area contributed by atoms with Crippen molar-refractivity contribution in [2.75, 3.05) is 39.8 Å². The van der Waals surface area contributed by atoms with Gasteiger partial charge < -0.3 is 9.80 Å². The number of piperidine rings is 2. The molecule has 0 aromatic heterocycles. The number of benzene rings is 1. The average molecular weight is 398 g/mol. The lowest BCUT2D eigenvalue weighted by Gasteiger charge is -2.51. The van der Waals surface area contributed by atoms with Gasteiger partial charge in [0.25, 0.3) is 0 Å². The van der Waals surface area contributed by atoms with E-state index in [1.54, 1.807) is 0 Å². The predicted octanol–water partition coefficient (Wildman–Crippen LogP) is 3.36. The first-order chi connectivity index (χ1) is 14.1. The minimum absolute atomic E-state index is 0.270. The van der Waals surface area contributed by atoms with Crippen LogP contribution in [0.3, 0.4) is 0 Å². The first-order valence-corrected chi connectivity index (χ1v) is 11.6. The molecule has 1 amide bonds. The van der Waals surface area contributed by atoms with E-state index in [2.05, 4.69) is 41.2 Å². The molecule has 158 valence electrons. The Bertz CT molecular complexity index is 750. The fraction of sp³-hybridized carbons (Fsp3) is 0.708. The van der Waals surface area contributed by atoms with Crippen molar-refractivity contribution in [1.82, 2.24) is 14.9 Å². The van der Waals surface area contributed by atoms with E-state index in [1.165, 1.54) is 56.3 Å². The van der Waals surface area contributed by atoms with Crippen LogP contribution < -0.4 is 0 Å². The van der Waals surface area contributed by atoms with Gasteiger partial charge in [0.05, 0.1) is 12.6 Å². The summed E-state index contributed by atoms with van der Waals surface area (Å²) >= 11 is 0. The lowest BCUT2D eigenvalue weighted by atomic mass is 9.60. The molecule has 3 aliphatic heterocycles. The van der Waals surface area contributed by atoms with Crippen LogP contribution in [0.2, 0.25) is 0 Å². The minimum atomic E-state index is 0.270. The van der Waals surface area contributed by atoms with Crippen LogP contribution in [0, 0.1) is 5.92 Å². The third kappa shape index (κ3) is 3.31. The van der Waals surface area contributed by atoms with Crippen molar-refractivity contribution in [3.05, 3.63) is 35.4 Å². The van der Waals surface area contributed by atoms with E-state index in [-0.39, 0.29) is 5.41 Å². The van der Waals surface area contributed by atoms with Gasteiger partial charge >= 0.3 is 0 Å². The molecule has 29 heavy (non-hydrogen) atoms. The normalized spacial score (nSPS) is 30.6. The summed E-state index contributed by atoms with van der Waals surface area (Å²) in [7, 11) is 2.00. The van der Waals surface area contributed by atoms with Crippen molar-refractivity contribution in [3.63, 3.8) is 0 Å². The molecule has 0 bridgehead atoms. The Kier molecular flexibility index (Phi) is 5.17. The molecule has 0 radical (unpaired) electrons. The lowest BCUT2D eigenvalue weighted by molar-refractivity contribution is -0.172. The molecular formula is C24H35N3O2. The van der Waals surface area contributed by atoms with E-state index in [0.29, 0.717) is 23.9 Å². The summed E-state index contributed by atoms with van der Waals surface area (Å²) in [6.45, 7) is 7.33. The highest BCUT2D eigenvalue weighted by Crippen LogP contribution is 2.55. The molecule has 3 fully saturated rings. The predicted molar refractivity (Wildman–Crippen MR) is 113 cm³/mol. The molecular weight excluding hydrogens is 362 g/mol. The van der Waals surface area contributed by atoms with E-state index >= 15 is 0 Å². The van der Waals surface area contributed by atoms with Crippen molar-refractivity contribution in [1.29, 1.82) is 0 Å². The molecule has 4 aliphatic rings. The number of carbonyl (C=O) groups is 1. The van der Waals surface area contributed by atoms with Crippen molar-refractivity contribution in [3.8, 4) is 0 Å².